The summed E-state index contributed by atoms with van der Waals surface area (Å²) in [5, 5.41) is 11.1. The van der Waals surface area contributed by atoms with Crippen LogP contribution in [-0.2, 0) is 0 Å². The van der Waals surface area contributed by atoms with Crippen LogP contribution >= 0.6 is 0 Å². The largest absolute Gasteiger partial charge is 0.437 e. The molecule has 0 amide bonds. The molecule has 2 heterocycles. The summed E-state index contributed by atoms with van der Waals surface area (Å²) < 4.78 is 7.06. The van der Waals surface area contributed by atoms with Crippen molar-refractivity contribution in [1.82, 2.24) is 25.0 Å². The Morgan fingerprint density at radius 1 is 1.35 bits per heavy atom. The van der Waals surface area contributed by atoms with Crippen molar-refractivity contribution in [2.24, 2.45) is 0 Å². The van der Waals surface area contributed by atoms with Crippen LogP contribution in [0.15, 0.2) is 30.6 Å². The van der Waals surface area contributed by atoms with E-state index in [2.05, 4.69) is 20.5 Å². The van der Waals surface area contributed by atoms with Crippen LogP contribution in [-0.4, -0.2) is 30.8 Å². The molecule has 0 aliphatic heterocycles. The zero-order valence-electron chi connectivity index (χ0n) is 10.5. The highest BCUT2D eigenvalue weighted by Gasteiger charge is 2.12. The summed E-state index contributed by atoms with van der Waals surface area (Å²) in [7, 11) is 0. The number of nitrogens with two attached hydrogens (primary N) is 1. The molecule has 3 aromatic rings. The average molecular weight is 270 g/mol. The highest BCUT2D eigenvalue weighted by atomic mass is 16.5. The van der Waals surface area contributed by atoms with Gasteiger partial charge in [-0.2, -0.15) is 4.52 Å². The third-order valence-corrected chi connectivity index (χ3v) is 2.67. The Balaban J connectivity index is 2.07. The van der Waals surface area contributed by atoms with Gasteiger partial charge in [-0.3, -0.25) is 9.78 Å². The number of Topliss-reactive ketones (excluding diaryl/α,β-unsaturated/α-hetero) is 1. The number of aromatic nitrogens is 5. The molecule has 0 aliphatic carbocycles. The number of ketones is 1. The quantitative estimate of drug-likeness (QED) is 0.560. The minimum Gasteiger partial charge on any atom is -0.437 e. The van der Waals surface area contributed by atoms with Crippen molar-refractivity contribution in [3.8, 4) is 11.6 Å². The number of hydrogen-bond acceptors (Lipinski definition) is 7. The third kappa shape index (κ3) is 2.03. The van der Waals surface area contributed by atoms with Gasteiger partial charge in [0.2, 0.25) is 11.5 Å². The minimum absolute atomic E-state index is 0.149. The van der Waals surface area contributed by atoms with Gasteiger partial charge < -0.3 is 10.5 Å². The maximum Gasteiger partial charge on any atom is 0.242 e. The Hall–Kier alpha value is -3.03. The molecule has 100 valence electrons. The van der Waals surface area contributed by atoms with E-state index in [1.165, 1.54) is 23.8 Å². The SMILES string of the molecule is CC(=O)c1cc(N)ccc1Oc1cncc2nnnn12. The van der Waals surface area contributed by atoms with Gasteiger partial charge in [0.15, 0.2) is 5.78 Å². The summed E-state index contributed by atoms with van der Waals surface area (Å²) in [6, 6.07) is 4.83. The minimum atomic E-state index is -0.149. The standard InChI is InChI=1S/C12H10N6O2/c1-7(19)9-4-8(13)2-3-10(9)20-12-6-14-5-11-15-16-17-18(11)12/h2-6H,13H2,1H3. The summed E-state index contributed by atoms with van der Waals surface area (Å²) in [5.74, 6) is 0.528. The van der Waals surface area contributed by atoms with Crippen molar-refractivity contribution in [2.45, 2.75) is 6.92 Å². The molecule has 0 bridgehead atoms. The van der Waals surface area contributed by atoms with Crippen molar-refractivity contribution in [3.63, 3.8) is 0 Å². The zero-order chi connectivity index (χ0) is 14.1. The molecular weight excluding hydrogens is 260 g/mol. The molecule has 0 spiro atoms. The third-order valence-electron chi connectivity index (χ3n) is 2.67. The lowest BCUT2D eigenvalue weighted by Crippen LogP contribution is -2.02. The number of hydrogen-bond donors (Lipinski definition) is 1. The molecule has 0 unspecified atom stereocenters. The molecule has 0 saturated carbocycles. The summed E-state index contributed by atoms with van der Waals surface area (Å²) in [5.41, 5.74) is 6.99. The molecule has 0 radical (unpaired) electrons. The molecule has 0 saturated heterocycles. The highest BCUT2D eigenvalue weighted by molar-refractivity contribution is 5.97. The van der Waals surface area contributed by atoms with E-state index in [0.29, 0.717) is 28.5 Å². The van der Waals surface area contributed by atoms with Gasteiger partial charge in [-0.15, -0.1) is 5.10 Å². The van der Waals surface area contributed by atoms with Crippen molar-refractivity contribution in [3.05, 3.63) is 36.2 Å². The van der Waals surface area contributed by atoms with Crippen LogP contribution in [0.3, 0.4) is 0 Å². The summed E-state index contributed by atoms with van der Waals surface area (Å²) in [6.07, 6.45) is 2.96. The fraction of sp³-hybridized carbons (Fsp3) is 0.0833. The number of anilines is 1. The molecule has 8 heteroatoms. The smallest absolute Gasteiger partial charge is 0.242 e. The van der Waals surface area contributed by atoms with Crippen LogP contribution in [0.2, 0.25) is 0 Å². The molecule has 0 aliphatic rings. The number of nitrogens with zero attached hydrogens (tertiary/aromatic N) is 5. The molecule has 2 aromatic heterocycles. The second-order valence-corrected chi connectivity index (χ2v) is 4.11. The Bertz CT molecular complexity index is 797. The van der Waals surface area contributed by atoms with Crippen LogP contribution in [0.5, 0.6) is 11.6 Å². The number of rotatable bonds is 3. The predicted molar refractivity (Wildman–Crippen MR) is 69.5 cm³/mol. The normalized spacial score (nSPS) is 10.7. The van der Waals surface area contributed by atoms with Crippen molar-refractivity contribution < 1.29 is 9.53 Å². The zero-order valence-corrected chi connectivity index (χ0v) is 10.5. The number of benzene rings is 1. The van der Waals surface area contributed by atoms with Gasteiger partial charge in [-0.25, -0.2) is 0 Å². The first kappa shape index (κ1) is 12.0. The maximum absolute atomic E-state index is 11.6. The molecule has 20 heavy (non-hydrogen) atoms. The van der Waals surface area contributed by atoms with E-state index in [1.807, 2.05) is 0 Å². The second kappa shape index (κ2) is 4.57. The Morgan fingerprint density at radius 2 is 2.20 bits per heavy atom. The van der Waals surface area contributed by atoms with E-state index in [9.17, 15) is 4.79 Å². The fourth-order valence-electron chi connectivity index (χ4n) is 1.75. The van der Waals surface area contributed by atoms with Gasteiger partial charge in [0.05, 0.1) is 18.0 Å². The van der Waals surface area contributed by atoms with Crippen molar-refractivity contribution in [1.29, 1.82) is 0 Å². The summed E-state index contributed by atoms with van der Waals surface area (Å²) in [4.78, 5) is 15.6. The molecule has 1 aromatic carbocycles. The van der Waals surface area contributed by atoms with Gasteiger partial charge in [-0.1, -0.05) is 0 Å². The van der Waals surface area contributed by atoms with Gasteiger partial charge in [0.1, 0.15) is 5.75 Å². The van der Waals surface area contributed by atoms with E-state index in [0.717, 1.165) is 0 Å². The Labute approximate surface area is 113 Å². The van der Waals surface area contributed by atoms with Gasteiger partial charge in [-0.05, 0) is 35.5 Å². The Morgan fingerprint density at radius 3 is 3.00 bits per heavy atom. The fourth-order valence-corrected chi connectivity index (χ4v) is 1.75. The Kier molecular flexibility index (Phi) is 2.75. The predicted octanol–water partition coefficient (Wildman–Crippen LogP) is 1.10. The number of ether oxygens (including phenoxy) is 1. The highest BCUT2D eigenvalue weighted by Crippen LogP contribution is 2.27. The van der Waals surface area contributed by atoms with Crippen LogP contribution in [0.1, 0.15) is 17.3 Å². The second-order valence-electron chi connectivity index (χ2n) is 4.11. The number of carbonyl (C=O) groups is 1. The summed E-state index contributed by atoms with van der Waals surface area (Å²) >= 11 is 0. The molecule has 8 nitrogen and oxygen atoms in total. The van der Waals surface area contributed by atoms with E-state index in [-0.39, 0.29) is 5.78 Å². The number of tetrazole rings is 1. The van der Waals surface area contributed by atoms with Crippen LogP contribution < -0.4 is 10.5 Å². The first-order valence-electron chi connectivity index (χ1n) is 5.75. The van der Waals surface area contributed by atoms with Crippen LogP contribution in [0.25, 0.3) is 5.65 Å². The van der Waals surface area contributed by atoms with E-state index >= 15 is 0 Å². The number of fused-ring (bicyclic) bond motifs is 1. The molecule has 0 fully saturated rings. The summed E-state index contributed by atoms with van der Waals surface area (Å²) in [6.45, 7) is 1.44. The monoisotopic (exact) mass is 270 g/mol. The average Bonchev–Trinajstić information content (AvgIpc) is 2.90. The van der Waals surface area contributed by atoms with Crippen molar-refractivity contribution in [2.75, 3.05) is 5.73 Å². The molecule has 0 atom stereocenters. The first-order chi connectivity index (χ1) is 9.65. The van der Waals surface area contributed by atoms with Crippen molar-refractivity contribution >= 4 is 17.1 Å². The molecule has 2 N–H and O–H groups in total. The topological polar surface area (TPSA) is 108 Å². The lowest BCUT2D eigenvalue weighted by molar-refractivity contribution is 0.101. The number of carbonyl (C=O) groups excluding carboxylic acids is 1. The van der Waals surface area contributed by atoms with Gasteiger partial charge in [0, 0.05) is 5.69 Å². The van der Waals surface area contributed by atoms with E-state index in [1.54, 1.807) is 18.2 Å². The van der Waals surface area contributed by atoms with E-state index in [4.69, 9.17) is 10.5 Å². The number of nitrogen functional groups attached to an aromatic ring is 1. The van der Waals surface area contributed by atoms with Gasteiger partial charge >= 0.3 is 0 Å². The lowest BCUT2D eigenvalue weighted by Gasteiger charge is -2.09. The molecular formula is C12H10N6O2. The lowest BCUT2D eigenvalue weighted by atomic mass is 10.1. The van der Waals surface area contributed by atoms with E-state index < -0.39 is 0 Å². The van der Waals surface area contributed by atoms with Gasteiger partial charge in [0.25, 0.3) is 0 Å². The van der Waals surface area contributed by atoms with Crippen LogP contribution in [0.4, 0.5) is 5.69 Å². The molecule has 3 rings (SSSR count). The maximum atomic E-state index is 11.6. The first-order valence-corrected chi connectivity index (χ1v) is 5.75. The van der Waals surface area contributed by atoms with Crippen LogP contribution in [0, 0.1) is 0 Å².